The fraction of sp³-hybridized carbons (Fsp3) is 0.278. The third kappa shape index (κ3) is 4.00. The van der Waals surface area contributed by atoms with Crippen molar-refractivity contribution >= 4 is 35.0 Å². The van der Waals surface area contributed by atoms with Gasteiger partial charge in [-0.05, 0) is 25.2 Å². The van der Waals surface area contributed by atoms with Crippen molar-refractivity contribution < 1.29 is 9.72 Å². The number of amides is 1. The molecule has 136 valence electrons. The lowest BCUT2D eigenvalue weighted by Gasteiger charge is -2.32. The lowest BCUT2D eigenvalue weighted by Crippen LogP contribution is -2.47. The van der Waals surface area contributed by atoms with E-state index in [1.165, 1.54) is 6.07 Å². The molecule has 3 rings (SSSR count). The van der Waals surface area contributed by atoms with Crippen molar-refractivity contribution in [3.8, 4) is 0 Å². The average Bonchev–Trinajstić information content (AvgIpc) is 2.63. The predicted molar refractivity (Wildman–Crippen MR) is 102 cm³/mol. The lowest BCUT2D eigenvalue weighted by atomic mass is 10.2. The summed E-state index contributed by atoms with van der Waals surface area (Å²) in [6.45, 7) is 3.00. The van der Waals surface area contributed by atoms with Gasteiger partial charge in [-0.25, -0.2) is 0 Å². The van der Waals surface area contributed by atoms with Crippen molar-refractivity contribution in [2.24, 2.45) is 0 Å². The maximum Gasteiger partial charge on any atom is 0.284 e. The summed E-state index contributed by atoms with van der Waals surface area (Å²) in [6.07, 6.45) is 0. The molecule has 1 aliphatic heterocycles. The van der Waals surface area contributed by atoms with Crippen LogP contribution in [0.25, 0.3) is 0 Å². The van der Waals surface area contributed by atoms with Gasteiger partial charge < -0.3 is 9.80 Å². The maximum atomic E-state index is 12.9. The van der Waals surface area contributed by atoms with Gasteiger partial charge in [0.05, 0.1) is 15.5 Å². The van der Waals surface area contributed by atoms with E-state index < -0.39 is 4.92 Å². The average molecular weight is 392 g/mol. The van der Waals surface area contributed by atoms with E-state index in [0.29, 0.717) is 33.5 Å². The Hall–Kier alpha value is -2.09. The van der Waals surface area contributed by atoms with Crippen LogP contribution in [0.4, 0.5) is 5.69 Å². The second kappa shape index (κ2) is 8.07. The first-order valence-corrected chi connectivity index (χ1v) is 9.34. The molecule has 2 aromatic rings. The van der Waals surface area contributed by atoms with Gasteiger partial charge in [0.25, 0.3) is 11.6 Å². The number of benzene rings is 2. The minimum atomic E-state index is -0.459. The molecule has 1 heterocycles. The Morgan fingerprint density at radius 3 is 2.50 bits per heavy atom. The number of carbonyl (C=O) groups excluding carboxylic acids is 1. The zero-order chi connectivity index (χ0) is 18.7. The highest BCUT2D eigenvalue weighted by Gasteiger charge is 2.24. The first-order valence-electron chi connectivity index (χ1n) is 8.15. The molecule has 1 amide bonds. The molecular formula is C18H18ClN3O3S. The first-order chi connectivity index (χ1) is 12.5. The summed E-state index contributed by atoms with van der Waals surface area (Å²) in [6, 6.07) is 11.7. The summed E-state index contributed by atoms with van der Waals surface area (Å²) in [7, 11) is 2.03. The summed E-state index contributed by atoms with van der Waals surface area (Å²) in [4.78, 5) is 28.8. The molecule has 0 saturated carbocycles. The minimum Gasteiger partial charge on any atom is -0.336 e. The van der Waals surface area contributed by atoms with Crippen LogP contribution in [0.1, 0.15) is 10.4 Å². The Bertz CT molecular complexity index is 838. The Morgan fingerprint density at radius 1 is 1.12 bits per heavy atom. The summed E-state index contributed by atoms with van der Waals surface area (Å²) in [5, 5.41) is 11.6. The van der Waals surface area contributed by atoms with Gasteiger partial charge in [-0.1, -0.05) is 41.6 Å². The molecule has 0 N–H and O–H groups in total. The molecule has 0 spiro atoms. The smallest absolute Gasteiger partial charge is 0.284 e. The van der Waals surface area contributed by atoms with Crippen molar-refractivity contribution in [1.29, 1.82) is 0 Å². The number of hydrogen-bond acceptors (Lipinski definition) is 5. The summed E-state index contributed by atoms with van der Waals surface area (Å²) in [5.41, 5.74) is 0.473. The topological polar surface area (TPSA) is 66.7 Å². The predicted octanol–water partition coefficient (Wildman–Crippen LogP) is 3.79. The molecule has 0 unspecified atom stereocenters. The van der Waals surface area contributed by atoms with Crippen LogP contribution in [0.3, 0.4) is 0 Å². The van der Waals surface area contributed by atoms with E-state index in [4.69, 9.17) is 11.6 Å². The van der Waals surface area contributed by atoms with Crippen LogP contribution in [0.2, 0.25) is 5.02 Å². The highest BCUT2D eigenvalue weighted by molar-refractivity contribution is 7.99. The van der Waals surface area contributed by atoms with Crippen molar-refractivity contribution in [2.75, 3.05) is 33.2 Å². The number of hydrogen-bond donors (Lipinski definition) is 0. The molecule has 1 aliphatic rings. The Morgan fingerprint density at radius 2 is 1.81 bits per heavy atom. The monoisotopic (exact) mass is 391 g/mol. The van der Waals surface area contributed by atoms with E-state index in [9.17, 15) is 14.9 Å². The largest absolute Gasteiger partial charge is 0.336 e. The second-order valence-electron chi connectivity index (χ2n) is 6.04. The normalized spacial score (nSPS) is 15.1. The van der Waals surface area contributed by atoms with Gasteiger partial charge in [0.2, 0.25) is 0 Å². The number of nitrogens with zero attached hydrogens (tertiary/aromatic N) is 3. The molecule has 0 aliphatic carbocycles. The van der Waals surface area contributed by atoms with Crippen LogP contribution < -0.4 is 0 Å². The van der Waals surface area contributed by atoms with Crippen molar-refractivity contribution in [3.05, 3.63) is 63.2 Å². The zero-order valence-corrected chi connectivity index (χ0v) is 15.8. The number of piperazine rings is 1. The van der Waals surface area contributed by atoms with Crippen LogP contribution >= 0.6 is 23.4 Å². The van der Waals surface area contributed by atoms with E-state index >= 15 is 0 Å². The van der Waals surface area contributed by atoms with E-state index in [1.807, 2.05) is 18.0 Å². The number of likely N-dealkylation sites (N-methyl/N-ethyl adjacent to an activating group) is 1. The Labute approximate surface area is 160 Å². The van der Waals surface area contributed by atoms with Gasteiger partial charge in [-0.2, -0.15) is 0 Å². The van der Waals surface area contributed by atoms with Crippen molar-refractivity contribution in [3.63, 3.8) is 0 Å². The molecule has 26 heavy (non-hydrogen) atoms. The van der Waals surface area contributed by atoms with Crippen molar-refractivity contribution in [2.45, 2.75) is 9.79 Å². The van der Waals surface area contributed by atoms with E-state index in [0.717, 1.165) is 24.9 Å². The summed E-state index contributed by atoms with van der Waals surface area (Å²) in [5.74, 6) is -0.0593. The van der Waals surface area contributed by atoms with Gasteiger partial charge >= 0.3 is 0 Å². The van der Waals surface area contributed by atoms with Crippen LogP contribution in [0.5, 0.6) is 0 Å². The highest BCUT2D eigenvalue weighted by Crippen LogP contribution is 2.41. The fourth-order valence-electron chi connectivity index (χ4n) is 2.76. The zero-order valence-electron chi connectivity index (χ0n) is 14.2. The number of nitro benzene ring substituents is 1. The van der Waals surface area contributed by atoms with Crippen LogP contribution in [-0.4, -0.2) is 53.9 Å². The summed E-state index contributed by atoms with van der Waals surface area (Å²) >= 11 is 7.35. The Kier molecular flexibility index (Phi) is 5.80. The van der Waals surface area contributed by atoms with E-state index in [2.05, 4.69) is 4.90 Å². The molecule has 8 heteroatoms. The minimum absolute atomic E-state index is 0.0593. The van der Waals surface area contributed by atoms with Crippen LogP contribution in [-0.2, 0) is 0 Å². The van der Waals surface area contributed by atoms with Crippen LogP contribution in [0, 0.1) is 10.1 Å². The number of carbonyl (C=O) groups is 1. The SMILES string of the molecule is CN1CCN(C(=O)c2ccccc2Sc2c(Cl)cccc2[N+](=O)[O-])CC1. The molecule has 1 saturated heterocycles. The Balaban J connectivity index is 1.91. The maximum absolute atomic E-state index is 12.9. The molecule has 2 aromatic carbocycles. The molecular weight excluding hydrogens is 374 g/mol. The van der Waals surface area contributed by atoms with Gasteiger partial charge in [0, 0.05) is 37.1 Å². The standard InChI is InChI=1S/C18H18ClN3O3S/c1-20-9-11-21(12-10-20)18(23)13-5-2-3-8-16(13)26-17-14(19)6-4-7-15(17)22(24)25/h2-8H,9-12H2,1H3. The van der Waals surface area contributed by atoms with Crippen LogP contribution in [0.15, 0.2) is 52.3 Å². The first kappa shape index (κ1) is 18.7. The summed E-state index contributed by atoms with van der Waals surface area (Å²) < 4.78 is 0. The molecule has 0 atom stereocenters. The quantitative estimate of drug-likeness (QED) is 0.586. The van der Waals surface area contributed by atoms with E-state index in [1.54, 1.807) is 30.3 Å². The molecule has 0 aromatic heterocycles. The number of halogens is 1. The van der Waals surface area contributed by atoms with Gasteiger partial charge in [0.1, 0.15) is 4.90 Å². The lowest BCUT2D eigenvalue weighted by molar-refractivity contribution is -0.387. The van der Waals surface area contributed by atoms with Crippen molar-refractivity contribution in [1.82, 2.24) is 9.80 Å². The highest BCUT2D eigenvalue weighted by atomic mass is 35.5. The van der Waals surface area contributed by atoms with Gasteiger partial charge in [-0.3, -0.25) is 14.9 Å². The molecule has 0 bridgehead atoms. The third-order valence-electron chi connectivity index (χ3n) is 4.26. The molecule has 0 radical (unpaired) electrons. The molecule has 6 nitrogen and oxygen atoms in total. The van der Waals surface area contributed by atoms with Gasteiger partial charge in [-0.15, -0.1) is 0 Å². The fourth-order valence-corrected chi connectivity index (χ4v) is 4.09. The number of rotatable bonds is 4. The van der Waals surface area contributed by atoms with E-state index in [-0.39, 0.29) is 11.6 Å². The number of nitro groups is 1. The third-order valence-corrected chi connectivity index (χ3v) is 5.90. The molecule has 1 fully saturated rings. The van der Waals surface area contributed by atoms with Gasteiger partial charge in [0.15, 0.2) is 0 Å². The second-order valence-corrected chi connectivity index (χ2v) is 7.50.